The van der Waals surface area contributed by atoms with E-state index in [1.165, 1.54) is 40.7 Å². The summed E-state index contributed by atoms with van der Waals surface area (Å²) in [4.78, 5) is 12.5. The second-order valence-electron chi connectivity index (χ2n) is 11.1. The number of aryl methyl sites for hydroxylation is 1. The lowest BCUT2D eigenvalue weighted by atomic mass is 9.62. The molecule has 3 heteroatoms. The molecule has 0 saturated heterocycles. The van der Waals surface area contributed by atoms with Crippen molar-refractivity contribution in [1.29, 1.82) is 0 Å². The lowest BCUT2D eigenvalue weighted by Crippen LogP contribution is -2.34. The smallest absolute Gasteiger partial charge is 0.343 e. The first-order valence-corrected chi connectivity index (χ1v) is 12.5. The fourth-order valence-electron chi connectivity index (χ4n) is 5.06. The van der Waals surface area contributed by atoms with Gasteiger partial charge in [0, 0.05) is 5.69 Å². The van der Waals surface area contributed by atoms with Crippen LogP contribution in [0.3, 0.4) is 0 Å². The molecule has 0 aliphatic heterocycles. The van der Waals surface area contributed by atoms with Crippen LogP contribution in [0.4, 0.5) is 5.69 Å². The maximum atomic E-state index is 12.5. The van der Waals surface area contributed by atoms with E-state index in [0.29, 0.717) is 17.0 Å². The molecular formula is C32H37NO2. The third kappa shape index (κ3) is 5.19. The number of hydrogen-bond donors (Lipinski definition) is 1. The molecule has 2 N–H and O–H groups in total. The van der Waals surface area contributed by atoms with E-state index in [4.69, 9.17) is 10.5 Å². The number of hydrogen-bond acceptors (Lipinski definition) is 3. The molecule has 182 valence electrons. The van der Waals surface area contributed by atoms with Crippen molar-refractivity contribution in [2.45, 2.75) is 71.6 Å². The van der Waals surface area contributed by atoms with Gasteiger partial charge in [0.15, 0.2) is 0 Å². The molecule has 0 aromatic heterocycles. The second kappa shape index (κ2) is 9.37. The van der Waals surface area contributed by atoms with Gasteiger partial charge in [-0.3, -0.25) is 0 Å². The van der Waals surface area contributed by atoms with Crippen LogP contribution in [0.2, 0.25) is 0 Å². The highest BCUT2D eigenvalue weighted by molar-refractivity contribution is 5.91. The molecule has 0 amide bonds. The van der Waals surface area contributed by atoms with E-state index in [1.54, 1.807) is 24.3 Å². The van der Waals surface area contributed by atoms with E-state index in [9.17, 15) is 4.79 Å². The molecule has 0 atom stereocenters. The van der Waals surface area contributed by atoms with E-state index in [0.717, 1.165) is 12.0 Å². The molecule has 1 aliphatic rings. The molecule has 3 aromatic rings. The summed E-state index contributed by atoms with van der Waals surface area (Å²) in [6.07, 6.45) is 5.63. The molecule has 0 radical (unpaired) electrons. The van der Waals surface area contributed by atoms with Crippen LogP contribution < -0.4 is 10.5 Å². The Balaban J connectivity index is 1.61. The Labute approximate surface area is 210 Å². The van der Waals surface area contributed by atoms with Crippen molar-refractivity contribution in [2.75, 3.05) is 5.73 Å². The molecule has 0 unspecified atom stereocenters. The third-order valence-corrected chi connectivity index (χ3v) is 7.50. The lowest BCUT2D eigenvalue weighted by molar-refractivity contribution is 0.0735. The van der Waals surface area contributed by atoms with E-state index < -0.39 is 0 Å². The summed E-state index contributed by atoms with van der Waals surface area (Å²) in [5.41, 5.74) is 15.2. The first-order valence-electron chi connectivity index (χ1n) is 12.5. The molecule has 1 aliphatic carbocycles. The highest BCUT2D eigenvalue weighted by Gasteiger charge is 2.37. The van der Waals surface area contributed by atoms with Gasteiger partial charge in [-0.15, -0.1) is 0 Å². The number of allylic oxidation sites excluding steroid dienone is 1. The van der Waals surface area contributed by atoms with Crippen LogP contribution in [-0.2, 0) is 17.3 Å². The molecular weight excluding hydrogens is 430 g/mol. The number of anilines is 1. The van der Waals surface area contributed by atoms with Crippen molar-refractivity contribution in [3.63, 3.8) is 0 Å². The topological polar surface area (TPSA) is 52.3 Å². The van der Waals surface area contributed by atoms with Gasteiger partial charge in [0.1, 0.15) is 5.75 Å². The molecule has 0 heterocycles. The molecule has 0 spiro atoms. The number of nitrogens with two attached hydrogens (primary N) is 1. The van der Waals surface area contributed by atoms with Gasteiger partial charge in [-0.05, 0) is 107 Å². The standard InChI is InChI=1S/C32H37NO2/c1-7-23-19-28-29(32(5,6)17-16-31(28,3)4)20-27(23)21(2)18-22-8-10-24(11-9-22)30(34)35-26-14-12-25(33)13-15-26/h8-15,18-20H,7,16-17,33H2,1-6H3. The monoisotopic (exact) mass is 467 g/mol. The van der Waals surface area contributed by atoms with E-state index in [-0.39, 0.29) is 16.8 Å². The van der Waals surface area contributed by atoms with Crippen molar-refractivity contribution in [3.05, 3.63) is 94.0 Å². The summed E-state index contributed by atoms with van der Waals surface area (Å²) in [7, 11) is 0. The molecule has 3 nitrogen and oxygen atoms in total. The van der Waals surface area contributed by atoms with Crippen molar-refractivity contribution in [2.24, 2.45) is 0 Å². The van der Waals surface area contributed by atoms with Gasteiger partial charge in [0.2, 0.25) is 0 Å². The number of ether oxygens (including phenoxy) is 1. The van der Waals surface area contributed by atoms with Crippen LogP contribution in [0, 0.1) is 0 Å². The maximum absolute atomic E-state index is 12.5. The van der Waals surface area contributed by atoms with Crippen LogP contribution >= 0.6 is 0 Å². The first kappa shape index (κ1) is 24.8. The summed E-state index contributed by atoms with van der Waals surface area (Å²) < 4.78 is 5.46. The normalized spacial score (nSPS) is 16.5. The largest absolute Gasteiger partial charge is 0.423 e. The van der Waals surface area contributed by atoms with Crippen LogP contribution in [-0.4, -0.2) is 5.97 Å². The fourth-order valence-corrected chi connectivity index (χ4v) is 5.06. The van der Waals surface area contributed by atoms with E-state index >= 15 is 0 Å². The van der Waals surface area contributed by atoms with Crippen LogP contribution in [0.1, 0.15) is 92.6 Å². The molecule has 0 bridgehead atoms. The third-order valence-electron chi connectivity index (χ3n) is 7.50. The average molecular weight is 468 g/mol. The van der Waals surface area contributed by atoms with Gasteiger partial charge < -0.3 is 10.5 Å². The van der Waals surface area contributed by atoms with Gasteiger partial charge in [-0.25, -0.2) is 4.79 Å². The Morgan fingerprint density at radius 1 is 0.914 bits per heavy atom. The molecule has 35 heavy (non-hydrogen) atoms. The number of nitrogen functional groups attached to an aromatic ring is 1. The van der Waals surface area contributed by atoms with Gasteiger partial charge in [0.05, 0.1) is 5.56 Å². The van der Waals surface area contributed by atoms with Crippen LogP contribution in [0.5, 0.6) is 5.75 Å². The fraction of sp³-hybridized carbons (Fsp3) is 0.344. The van der Waals surface area contributed by atoms with Crippen molar-refractivity contribution >= 4 is 23.3 Å². The highest BCUT2D eigenvalue weighted by atomic mass is 16.5. The van der Waals surface area contributed by atoms with E-state index in [1.807, 2.05) is 24.3 Å². The average Bonchev–Trinajstić information content (AvgIpc) is 2.83. The molecule has 4 rings (SSSR count). The predicted molar refractivity (Wildman–Crippen MR) is 147 cm³/mol. The Morgan fingerprint density at radius 2 is 1.49 bits per heavy atom. The minimum atomic E-state index is -0.380. The second-order valence-corrected chi connectivity index (χ2v) is 11.1. The van der Waals surface area contributed by atoms with Crippen LogP contribution in [0.15, 0.2) is 60.7 Å². The minimum absolute atomic E-state index is 0.179. The number of esters is 1. The summed E-state index contributed by atoms with van der Waals surface area (Å²) in [6, 6.07) is 19.3. The molecule has 0 saturated carbocycles. The van der Waals surface area contributed by atoms with Gasteiger partial charge >= 0.3 is 5.97 Å². The van der Waals surface area contributed by atoms with Gasteiger partial charge in [-0.1, -0.05) is 65.0 Å². The zero-order chi connectivity index (χ0) is 25.4. The lowest BCUT2D eigenvalue weighted by Gasteiger charge is -2.42. The number of carbonyl (C=O) groups excluding carboxylic acids is 1. The highest BCUT2D eigenvalue weighted by Crippen LogP contribution is 2.47. The van der Waals surface area contributed by atoms with Crippen LogP contribution in [0.25, 0.3) is 11.6 Å². The summed E-state index contributed by atoms with van der Waals surface area (Å²) in [5, 5.41) is 0. The SMILES string of the molecule is CCc1cc2c(cc1C(C)=Cc1ccc(C(=O)Oc3ccc(N)cc3)cc1)C(C)(C)CCC2(C)C. The summed E-state index contributed by atoms with van der Waals surface area (Å²) >= 11 is 0. The Bertz CT molecular complexity index is 1260. The number of carbonyl (C=O) groups is 1. The quantitative estimate of drug-likeness (QED) is 0.179. The van der Waals surface area contributed by atoms with Crippen molar-refractivity contribution in [1.82, 2.24) is 0 Å². The zero-order valence-electron chi connectivity index (χ0n) is 21.9. The number of fused-ring (bicyclic) bond motifs is 1. The Morgan fingerprint density at radius 3 is 2.06 bits per heavy atom. The van der Waals surface area contributed by atoms with Crippen molar-refractivity contribution < 1.29 is 9.53 Å². The number of benzene rings is 3. The summed E-state index contributed by atoms with van der Waals surface area (Å²) in [5.74, 6) is 0.101. The Kier molecular flexibility index (Phi) is 6.64. The predicted octanol–water partition coefficient (Wildman–Crippen LogP) is 7.96. The first-order chi connectivity index (χ1) is 16.5. The number of rotatable bonds is 5. The summed E-state index contributed by atoms with van der Waals surface area (Å²) in [6.45, 7) is 13.9. The Hall–Kier alpha value is -3.33. The van der Waals surface area contributed by atoms with Crippen molar-refractivity contribution in [3.8, 4) is 5.75 Å². The molecule has 3 aromatic carbocycles. The van der Waals surface area contributed by atoms with Gasteiger partial charge in [-0.2, -0.15) is 0 Å². The molecule has 0 fully saturated rings. The van der Waals surface area contributed by atoms with Gasteiger partial charge in [0.25, 0.3) is 0 Å². The minimum Gasteiger partial charge on any atom is -0.423 e. The zero-order valence-corrected chi connectivity index (χ0v) is 21.9. The van der Waals surface area contributed by atoms with E-state index in [2.05, 4.69) is 59.8 Å². The maximum Gasteiger partial charge on any atom is 0.343 e.